The average molecular weight is 203 g/mol. The second-order valence-corrected chi connectivity index (χ2v) is 3.86. The molecule has 0 fully saturated rings. The van der Waals surface area contributed by atoms with Crippen LogP contribution in [-0.4, -0.2) is 4.98 Å². The Hall–Kier alpha value is -1.19. The summed E-state index contributed by atoms with van der Waals surface area (Å²) in [6.45, 7) is 4.33. The Balaban J connectivity index is 2.50. The topological polar surface area (TPSA) is 38.9 Å². The molecule has 0 atom stereocenters. The molecule has 0 saturated carbocycles. The maximum Gasteiger partial charge on any atom is 0.123 e. The fraction of sp³-hybridized carbons (Fsp3) is 0.0909. The molecule has 0 unspecified atom stereocenters. The minimum Gasteiger partial charge on any atom is -0.326 e. The molecule has 1 aromatic carbocycles. The first-order chi connectivity index (χ1) is 6.81. The van der Waals surface area contributed by atoms with E-state index in [0.29, 0.717) is 6.54 Å². The summed E-state index contributed by atoms with van der Waals surface area (Å²) in [6, 6.07) is 8.06. The minimum atomic E-state index is 0.544. The predicted octanol–water partition coefficient (Wildman–Crippen LogP) is 2.45. The summed E-state index contributed by atoms with van der Waals surface area (Å²) in [5.41, 5.74) is 8.72. The molecular weight excluding hydrogens is 192 g/mol. The molecule has 71 valence electrons. The first-order valence-electron chi connectivity index (χ1n) is 4.37. The van der Waals surface area contributed by atoms with Gasteiger partial charge in [0.25, 0.3) is 0 Å². The van der Waals surface area contributed by atoms with E-state index in [1.54, 1.807) is 11.3 Å². The molecule has 0 saturated heterocycles. The third-order valence-corrected chi connectivity index (χ3v) is 2.94. The van der Waals surface area contributed by atoms with E-state index in [-0.39, 0.29) is 0 Å². The molecule has 2 nitrogen and oxygen atoms in total. The van der Waals surface area contributed by atoms with Gasteiger partial charge in [-0.25, -0.2) is 4.98 Å². The number of benzene rings is 1. The number of nitrogens with two attached hydrogens (primary N) is 1. The first kappa shape index (κ1) is 9.37. The second-order valence-electron chi connectivity index (χ2n) is 3.01. The van der Waals surface area contributed by atoms with Crippen LogP contribution in [0.5, 0.6) is 0 Å². The highest BCUT2D eigenvalue weighted by Crippen LogP contribution is 2.26. The standard InChI is InChI=1S/C11H11N2S/c1-8-7-14-11(13-8)10-5-3-2-4-9(10)6-12/h2-5,7H,1,6,12H2. The maximum atomic E-state index is 5.66. The number of thiazole rings is 1. The first-order valence-corrected chi connectivity index (χ1v) is 5.25. The number of hydrogen-bond acceptors (Lipinski definition) is 3. The summed E-state index contributed by atoms with van der Waals surface area (Å²) in [5.74, 6) is 0. The Morgan fingerprint density at radius 3 is 2.79 bits per heavy atom. The molecule has 1 radical (unpaired) electrons. The Morgan fingerprint density at radius 2 is 2.14 bits per heavy atom. The summed E-state index contributed by atoms with van der Waals surface area (Å²) in [5, 5.41) is 2.94. The van der Waals surface area contributed by atoms with Gasteiger partial charge in [0.2, 0.25) is 0 Å². The maximum absolute atomic E-state index is 5.66. The lowest BCUT2D eigenvalue weighted by Gasteiger charge is -2.03. The molecule has 0 aliphatic rings. The summed E-state index contributed by atoms with van der Waals surface area (Å²) in [4.78, 5) is 4.34. The zero-order valence-electron chi connectivity index (χ0n) is 7.73. The van der Waals surface area contributed by atoms with Gasteiger partial charge in [-0.3, -0.25) is 0 Å². The van der Waals surface area contributed by atoms with Crippen molar-refractivity contribution in [2.24, 2.45) is 5.73 Å². The second kappa shape index (κ2) is 3.90. The van der Waals surface area contributed by atoms with Crippen LogP contribution in [0.1, 0.15) is 11.3 Å². The third-order valence-electron chi connectivity index (χ3n) is 2.02. The van der Waals surface area contributed by atoms with Gasteiger partial charge in [0.05, 0.1) is 5.69 Å². The van der Waals surface area contributed by atoms with Crippen molar-refractivity contribution in [2.75, 3.05) is 0 Å². The van der Waals surface area contributed by atoms with Crippen molar-refractivity contribution in [3.05, 3.63) is 47.8 Å². The summed E-state index contributed by atoms with van der Waals surface area (Å²) in [7, 11) is 0. The van der Waals surface area contributed by atoms with Crippen LogP contribution < -0.4 is 5.73 Å². The summed E-state index contributed by atoms with van der Waals surface area (Å²) in [6.07, 6.45) is 0. The molecular formula is C11H11N2S. The molecule has 14 heavy (non-hydrogen) atoms. The van der Waals surface area contributed by atoms with Crippen molar-refractivity contribution in [3.8, 4) is 10.6 Å². The monoisotopic (exact) mass is 203 g/mol. The van der Waals surface area contributed by atoms with Crippen molar-refractivity contribution in [1.29, 1.82) is 0 Å². The van der Waals surface area contributed by atoms with Crippen LogP contribution in [0.25, 0.3) is 10.6 Å². The smallest absolute Gasteiger partial charge is 0.123 e. The van der Waals surface area contributed by atoms with Crippen LogP contribution in [0.2, 0.25) is 0 Å². The van der Waals surface area contributed by atoms with Crippen LogP contribution in [-0.2, 0) is 6.54 Å². The van der Waals surface area contributed by atoms with E-state index in [1.165, 1.54) is 0 Å². The molecule has 0 amide bonds. The van der Waals surface area contributed by atoms with Crippen molar-refractivity contribution < 1.29 is 0 Å². The van der Waals surface area contributed by atoms with E-state index >= 15 is 0 Å². The lowest BCUT2D eigenvalue weighted by atomic mass is 10.1. The highest BCUT2D eigenvalue weighted by molar-refractivity contribution is 7.13. The molecule has 2 rings (SSSR count). The van der Waals surface area contributed by atoms with Crippen LogP contribution in [0.15, 0.2) is 29.6 Å². The normalized spacial score (nSPS) is 10.4. The predicted molar refractivity (Wildman–Crippen MR) is 59.9 cm³/mol. The van der Waals surface area contributed by atoms with E-state index in [9.17, 15) is 0 Å². The molecule has 0 aliphatic carbocycles. The average Bonchev–Trinajstić information content (AvgIpc) is 2.65. The molecule has 3 heteroatoms. The summed E-state index contributed by atoms with van der Waals surface area (Å²) < 4.78 is 0. The molecule has 0 bridgehead atoms. The SMILES string of the molecule is [CH2]c1csc(-c2ccccc2CN)n1. The fourth-order valence-corrected chi connectivity index (χ4v) is 2.13. The van der Waals surface area contributed by atoms with Gasteiger partial charge < -0.3 is 5.73 Å². The number of hydrogen-bond donors (Lipinski definition) is 1. The van der Waals surface area contributed by atoms with Gasteiger partial charge in [0.1, 0.15) is 5.01 Å². The van der Waals surface area contributed by atoms with Crippen molar-refractivity contribution >= 4 is 11.3 Å². The van der Waals surface area contributed by atoms with E-state index < -0.39 is 0 Å². The lowest BCUT2D eigenvalue weighted by molar-refractivity contribution is 1.07. The Kier molecular flexibility index (Phi) is 2.61. The van der Waals surface area contributed by atoms with Gasteiger partial charge in [-0.2, -0.15) is 0 Å². The third kappa shape index (κ3) is 1.69. The number of rotatable bonds is 2. The van der Waals surface area contributed by atoms with Gasteiger partial charge in [-0.05, 0) is 12.5 Å². The van der Waals surface area contributed by atoms with Crippen molar-refractivity contribution in [1.82, 2.24) is 4.98 Å². The molecule has 0 aliphatic heterocycles. The van der Waals surface area contributed by atoms with Crippen molar-refractivity contribution in [3.63, 3.8) is 0 Å². The number of nitrogens with zero attached hydrogens (tertiary/aromatic N) is 1. The zero-order chi connectivity index (χ0) is 9.97. The molecule has 1 aromatic heterocycles. The largest absolute Gasteiger partial charge is 0.326 e. The minimum absolute atomic E-state index is 0.544. The van der Waals surface area contributed by atoms with E-state index in [0.717, 1.165) is 21.8 Å². The van der Waals surface area contributed by atoms with E-state index in [2.05, 4.69) is 11.9 Å². The van der Waals surface area contributed by atoms with E-state index in [1.807, 2.05) is 29.6 Å². The lowest BCUT2D eigenvalue weighted by Crippen LogP contribution is -1.98. The Bertz CT molecular complexity index is 434. The highest BCUT2D eigenvalue weighted by atomic mass is 32.1. The van der Waals surface area contributed by atoms with Gasteiger partial charge in [0, 0.05) is 17.5 Å². The summed E-state index contributed by atoms with van der Waals surface area (Å²) >= 11 is 1.60. The Labute approximate surface area is 87.4 Å². The zero-order valence-corrected chi connectivity index (χ0v) is 8.55. The van der Waals surface area contributed by atoms with Gasteiger partial charge in [-0.15, -0.1) is 11.3 Å². The molecule has 2 N–H and O–H groups in total. The van der Waals surface area contributed by atoms with E-state index in [4.69, 9.17) is 5.73 Å². The van der Waals surface area contributed by atoms with Gasteiger partial charge >= 0.3 is 0 Å². The van der Waals surface area contributed by atoms with Crippen molar-refractivity contribution in [2.45, 2.75) is 6.54 Å². The van der Waals surface area contributed by atoms with Gasteiger partial charge in [-0.1, -0.05) is 24.3 Å². The molecule has 0 spiro atoms. The van der Waals surface area contributed by atoms with Crippen LogP contribution in [0.3, 0.4) is 0 Å². The molecule has 2 aromatic rings. The molecule has 1 heterocycles. The van der Waals surface area contributed by atoms with Crippen LogP contribution in [0, 0.1) is 6.92 Å². The Morgan fingerprint density at radius 1 is 1.36 bits per heavy atom. The number of aromatic nitrogens is 1. The quantitative estimate of drug-likeness (QED) is 0.814. The highest BCUT2D eigenvalue weighted by Gasteiger charge is 2.05. The fourth-order valence-electron chi connectivity index (χ4n) is 1.34. The van der Waals surface area contributed by atoms with Crippen LogP contribution in [0.4, 0.5) is 0 Å². The van der Waals surface area contributed by atoms with Gasteiger partial charge in [0.15, 0.2) is 0 Å². The van der Waals surface area contributed by atoms with Crippen LogP contribution >= 0.6 is 11.3 Å².